The van der Waals surface area contributed by atoms with Gasteiger partial charge >= 0.3 is 11.8 Å². The number of β-amino-alcohol motifs (C(OH)–C–C–N with tert-alkyl or cyclic N) is 1. The number of benzene rings is 1. The molecule has 4 N–H and O–H groups in total. The van der Waals surface area contributed by atoms with Crippen molar-refractivity contribution in [3.8, 4) is 22.6 Å². The van der Waals surface area contributed by atoms with Crippen molar-refractivity contribution in [1.82, 2.24) is 40.7 Å². The minimum atomic E-state index is -0.850. The lowest BCUT2D eigenvalue weighted by Gasteiger charge is -2.37. The molecule has 0 radical (unpaired) electrons. The fourth-order valence-corrected chi connectivity index (χ4v) is 4.97. The lowest BCUT2D eigenvalue weighted by Crippen LogP contribution is -2.56. The van der Waals surface area contributed by atoms with Crippen LogP contribution in [0.1, 0.15) is 66.9 Å². The molecule has 0 unspecified atom stereocenters. The number of nitrogens with one attached hydrogen (secondary N) is 3. The van der Waals surface area contributed by atoms with Gasteiger partial charge in [-0.3, -0.25) is 9.78 Å². The van der Waals surface area contributed by atoms with Gasteiger partial charge < -0.3 is 25.2 Å². The number of hydrogen-bond acceptors (Lipinski definition) is 9. The third-order valence-corrected chi connectivity index (χ3v) is 7.49. The van der Waals surface area contributed by atoms with Crippen molar-refractivity contribution >= 4 is 16.9 Å². The molecule has 6 rings (SSSR count). The molecule has 4 aromatic heterocycles. The van der Waals surface area contributed by atoms with E-state index < -0.39 is 11.5 Å². The average Bonchev–Trinajstić information content (AvgIpc) is 3.60. The van der Waals surface area contributed by atoms with Crippen LogP contribution in [-0.4, -0.2) is 54.2 Å². The highest BCUT2D eigenvalue weighted by Crippen LogP contribution is 2.32. The van der Waals surface area contributed by atoms with Crippen LogP contribution in [0.5, 0.6) is 0 Å². The van der Waals surface area contributed by atoms with Crippen molar-refractivity contribution in [3.05, 3.63) is 77.3 Å². The van der Waals surface area contributed by atoms with Crippen LogP contribution in [0.15, 0.2) is 53.4 Å². The summed E-state index contributed by atoms with van der Waals surface area (Å²) in [5, 5.41) is 21.4. The van der Waals surface area contributed by atoms with Crippen LogP contribution in [0.2, 0.25) is 0 Å². The van der Waals surface area contributed by atoms with E-state index in [0.29, 0.717) is 24.6 Å². The number of pyridine rings is 1. The van der Waals surface area contributed by atoms with E-state index in [9.17, 15) is 9.90 Å². The van der Waals surface area contributed by atoms with Gasteiger partial charge in [0.15, 0.2) is 5.82 Å². The molecule has 1 saturated heterocycles. The van der Waals surface area contributed by atoms with Gasteiger partial charge in [0, 0.05) is 41.2 Å². The first-order valence-electron chi connectivity index (χ1n) is 13.5. The van der Waals surface area contributed by atoms with Crippen molar-refractivity contribution in [2.24, 2.45) is 0 Å². The second-order valence-corrected chi connectivity index (χ2v) is 11.7. The summed E-state index contributed by atoms with van der Waals surface area (Å²) in [5.74, 6) is 0.0155. The van der Waals surface area contributed by atoms with E-state index in [1.54, 1.807) is 6.20 Å². The molecular formula is C30H32N8O3. The van der Waals surface area contributed by atoms with Crippen LogP contribution in [-0.2, 0) is 11.0 Å². The molecule has 1 aliphatic rings. The van der Waals surface area contributed by atoms with Crippen LogP contribution < -0.4 is 10.6 Å². The maximum Gasteiger partial charge on any atom is 0.315 e. The number of carbonyl (C=O) groups is 1. The van der Waals surface area contributed by atoms with E-state index in [1.165, 1.54) is 6.33 Å². The molecule has 0 spiro atoms. The summed E-state index contributed by atoms with van der Waals surface area (Å²) in [4.78, 5) is 34.0. The normalized spacial score (nSPS) is 15.5. The van der Waals surface area contributed by atoms with Crippen molar-refractivity contribution in [2.75, 3.05) is 13.1 Å². The van der Waals surface area contributed by atoms with E-state index in [0.717, 1.165) is 44.7 Å². The van der Waals surface area contributed by atoms with Gasteiger partial charge in [-0.25, -0.2) is 9.97 Å². The van der Waals surface area contributed by atoms with Crippen LogP contribution in [0, 0.1) is 6.92 Å². The highest BCUT2D eigenvalue weighted by atomic mass is 16.5. The molecule has 5 aromatic rings. The number of H-pyrrole nitrogens is 1. The first kappa shape index (κ1) is 26.7. The van der Waals surface area contributed by atoms with E-state index >= 15 is 0 Å². The van der Waals surface area contributed by atoms with E-state index in [4.69, 9.17) is 4.52 Å². The predicted octanol–water partition coefficient (Wildman–Crippen LogP) is 3.96. The Morgan fingerprint density at radius 3 is 2.56 bits per heavy atom. The SMILES string of the molecule is Cc1cc(-c2ncnc3[nH]c(-c4ccc(C5(O)CNC5)cn4)cc23)ccc1[C@@H](C)NC(=O)c1nc(C(C)(C)C)no1. The molecule has 0 aliphatic carbocycles. The Kier molecular flexibility index (Phi) is 6.43. The molecule has 1 aromatic carbocycles. The topological polar surface area (TPSA) is 155 Å². The monoisotopic (exact) mass is 552 g/mol. The number of amides is 1. The standard InChI is InChI=1S/C30H32N8O3/c1-16-10-18(6-8-20(16)17(2)35-26(39)27-37-28(38-41-27)29(3,4)5)24-21-11-23(36-25(21)34-15-33-24)22-9-7-19(12-32-22)30(40)13-31-14-30/h6-12,15,17,31,40H,13-14H2,1-5H3,(H,35,39)(H,33,34,36)/t17-/m1/s1. The number of aromatic nitrogens is 6. The summed E-state index contributed by atoms with van der Waals surface area (Å²) in [6, 6.07) is 11.6. The Hall–Kier alpha value is -4.48. The van der Waals surface area contributed by atoms with Crippen molar-refractivity contribution < 1.29 is 14.4 Å². The number of aryl methyl sites for hydroxylation is 1. The summed E-state index contributed by atoms with van der Waals surface area (Å²) in [6.45, 7) is 10.9. The number of fused-ring (bicyclic) bond motifs is 1. The Bertz CT molecular complexity index is 1750. The zero-order valence-electron chi connectivity index (χ0n) is 23.6. The van der Waals surface area contributed by atoms with Crippen LogP contribution >= 0.6 is 0 Å². The molecule has 1 atom stereocenters. The molecule has 1 aliphatic heterocycles. The van der Waals surface area contributed by atoms with E-state index in [1.807, 2.05) is 65.0 Å². The summed E-state index contributed by atoms with van der Waals surface area (Å²) in [6.07, 6.45) is 3.26. The smallest absolute Gasteiger partial charge is 0.315 e. The number of nitrogens with zero attached hydrogens (tertiary/aromatic N) is 5. The van der Waals surface area contributed by atoms with Gasteiger partial charge in [-0.05, 0) is 43.2 Å². The molecule has 41 heavy (non-hydrogen) atoms. The quantitative estimate of drug-likeness (QED) is 0.245. The van der Waals surface area contributed by atoms with Gasteiger partial charge in [0.2, 0.25) is 0 Å². The fourth-order valence-electron chi connectivity index (χ4n) is 4.97. The van der Waals surface area contributed by atoms with Crippen LogP contribution in [0.25, 0.3) is 33.7 Å². The van der Waals surface area contributed by atoms with E-state index in [-0.39, 0.29) is 17.3 Å². The Balaban J connectivity index is 1.23. The molecule has 5 heterocycles. The number of carbonyl (C=O) groups excluding carboxylic acids is 1. The second-order valence-electron chi connectivity index (χ2n) is 11.7. The lowest BCUT2D eigenvalue weighted by atomic mass is 9.89. The average molecular weight is 553 g/mol. The number of hydrogen-bond donors (Lipinski definition) is 4. The lowest BCUT2D eigenvalue weighted by molar-refractivity contribution is -0.0149. The minimum absolute atomic E-state index is 0.0530. The van der Waals surface area contributed by atoms with Gasteiger partial charge in [0.05, 0.1) is 23.1 Å². The molecule has 11 nitrogen and oxygen atoms in total. The zero-order valence-corrected chi connectivity index (χ0v) is 23.6. The molecule has 0 saturated carbocycles. The first-order valence-corrected chi connectivity index (χ1v) is 13.5. The molecule has 11 heteroatoms. The first-order chi connectivity index (χ1) is 19.5. The maximum absolute atomic E-state index is 12.8. The number of aliphatic hydroxyl groups is 1. The van der Waals surface area contributed by atoms with Gasteiger partial charge in [0.25, 0.3) is 0 Å². The fraction of sp³-hybridized carbons (Fsp3) is 0.333. The molecule has 1 amide bonds. The zero-order chi connectivity index (χ0) is 28.9. The van der Waals surface area contributed by atoms with Gasteiger partial charge in [-0.15, -0.1) is 0 Å². The minimum Gasteiger partial charge on any atom is -0.382 e. The summed E-state index contributed by atoms with van der Waals surface area (Å²) < 4.78 is 5.19. The Morgan fingerprint density at radius 2 is 1.93 bits per heavy atom. The van der Waals surface area contributed by atoms with Crippen molar-refractivity contribution in [1.29, 1.82) is 0 Å². The summed E-state index contributed by atoms with van der Waals surface area (Å²) in [7, 11) is 0. The third kappa shape index (κ3) is 4.98. The molecule has 210 valence electrons. The van der Waals surface area contributed by atoms with Gasteiger partial charge in [-0.1, -0.05) is 44.1 Å². The van der Waals surface area contributed by atoms with Crippen LogP contribution in [0.3, 0.4) is 0 Å². The number of rotatable bonds is 6. The predicted molar refractivity (Wildman–Crippen MR) is 153 cm³/mol. The summed E-state index contributed by atoms with van der Waals surface area (Å²) >= 11 is 0. The molecular weight excluding hydrogens is 520 g/mol. The van der Waals surface area contributed by atoms with Crippen molar-refractivity contribution in [2.45, 2.75) is 51.7 Å². The molecule has 1 fully saturated rings. The third-order valence-electron chi connectivity index (χ3n) is 7.49. The Labute approximate surface area is 236 Å². The van der Waals surface area contributed by atoms with Crippen LogP contribution in [0.4, 0.5) is 0 Å². The largest absolute Gasteiger partial charge is 0.382 e. The maximum atomic E-state index is 12.8. The second kappa shape index (κ2) is 9.86. The van der Waals surface area contributed by atoms with Crippen molar-refractivity contribution in [3.63, 3.8) is 0 Å². The number of aromatic amines is 1. The van der Waals surface area contributed by atoms with E-state index in [2.05, 4.69) is 46.8 Å². The highest BCUT2D eigenvalue weighted by Gasteiger charge is 2.36. The molecule has 0 bridgehead atoms. The van der Waals surface area contributed by atoms with Gasteiger partial charge in [0.1, 0.15) is 17.6 Å². The Morgan fingerprint density at radius 1 is 1.12 bits per heavy atom. The summed E-state index contributed by atoms with van der Waals surface area (Å²) in [5.41, 5.74) is 5.58. The van der Waals surface area contributed by atoms with Gasteiger partial charge in [-0.2, -0.15) is 4.98 Å². The highest BCUT2D eigenvalue weighted by molar-refractivity contribution is 5.94.